The minimum atomic E-state index is -0.228. The van der Waals surface area contributed by atoms with Crippen molar-refractivity contribution in [1.82, 2.24) is 10.6 Å². The zero-order valence-electron chi connectivity index (χ0n) is 19.7. The molecule has 0 bridgehead atoms. The smallest absolute Gasteiger partial charge is 0.191 e. The van der Waals surface area contributed by atoms with Gasteiger partial charge in [0.25, 0.3) is 0 Å². The predicted octanol–water partition coefficient (Wildman–Crippen LogP) is 3.95. The van der Waals surface area contributed by atoms with Gasteiger partial charge >= 0.3 is 0 Å². The van der Waals surface area contributed by atoms with Crippen LogP contribution in [0, 0.1) is 5.82 Å². The lowest BCUT2D eigenvalue weighted by Crippen LogP contribution is -2.50. The summed E-state index contributed by atoms with van der Waals surface area (Å²) in [6.45, 7) is 6.71. The third kappa shape index (κ3) is 6.05. The summed E-state index contributed by atoms with van der Waals surface area (Å²) in [5, 5.41) is 6.96. The Labute approximate surface area is 190 Å². The topological polar surface area (TPSA) is 58.1 Å². The third-order valence-electron chi connectivity index (χ3n) is 6.06. The molecule has 0 spiro atoms. The highest BCUT2D eigenvalue weighted by Gasteiger charge is 2.24. The summed E-state index contributed by atoms with van der Waals surface area (Å²) in [6.07, 6.45) is 1.99. The van der Waals surface area contributed by atoms with E-state index in [9.17, 15) is 4.39 Å². The van der Waals surface area contributed by atoms with E-state index in [4.69, 9.17) is 9.47 Å². The highest BCUT2D eigenvalue weighted by molar-refractivity contribution is 5.80. The maximum atomic E-state index is 13.6. The van der Waals surface area contributed by atoms with Crippen LogP contribution in [0.1, 0.15) is 32.3 Å². The fraction of sp³-hybridized carbons (Fsp3) is 0.480. The van der Waals surface area contributed by atoms with E-state index >= 15 is 0 Å². The van der Waals surface area contributed by atoms with Gasteiger partial charge < -0.3 is 25.0 Å². The fourth-order valence-electron chi connectivity index (χ4n) is 3.96. The summed E-state index contributed by atoms with van der Waals surface area (Å²) in [7, 11) is 5.12. The van der Waals surface area contributed by atoms with Crippen LogP contribution in [0.2, 0.25) is 0 Å². The molecule has 1 heterocycles. The van der Waals surface area contributed by atoms with Crippen molar-refractivity contribution in [2.24, 2.45) is 4.99 Å². The average molecular weight is 443 g/mol. The van der Waals surface area contributed by atoms with Crippen LogP contribution in [0.5, 0.6) is 11.5 Å². The van der Waals surface area contributed by atoms with Crippen LogP contribution in [0.3, 0.4) is 0 Å². The molecule has 3 rings (SSSR count). The normalized spacial score (nSPS) is 15.4. The van der Waals surface area contributed by atoms with Crippen LogP contribution in [-0.4, -0.2) is 52.9 Å². The molecule has 1 aliphatic rings. The van der Waals surface area contributed by atoms with E-state index in [-0.39, 0.29) is 11.2 Å². The van der Waals surface area contributed by atoms with Crippen molar-refractivity contribution in [1.29, 1.82) is 0 Å². The lowest BCUT2D eigenvalue weighted by molar-refractivity contribution is 0.393. The average Bonchev–Trinajstić information content (AvgIpc) is 2.81. The molecule has 0 atom stereocenters. The van der Waals surface area contributed by atoms with E-state index < -0.39 is 0 Å². The molecule has 2 aromatic carbocycles. The Morgan fingerprint density at radius 2 is 1.75 bits per heavy atom. The molecule has 0 aromatic heterocycles. The standard InChI is InChI=1S/C25H35FN4O2/c1-25(2,18-7-6-8-19(26)13-18)17-28-24(27-3)29-20-9-11-30(12-10-20)21-14-22(31-4)16-23(15-21)32-5/h6-8,13-16,20H,9-12,17H2,1-5H3,(H2,27,28,29). The monoisotopic (exact) mass is 442 g/mol. The van der Waals surface area contributed by atoms with Gasteiger partial charge in [0.15, 0.2) is 5.96 Å². The Morgan fingerprint density at radius 3 is 2.31 bits per heavy atom. The number of ether oxygens (including phenoxy) is 2. The lowest BCUT2D eigenvalue weighted by atomic mass is 9.84. The number of piperidine rings is 1. The second kappa shape index (κ2) is 10.6. The molecule has 2 aromatic rings. The van der Waals surface area contributed by atoms with Gasteiger partial charge in [0.2, 0.25) is 0 Å². The van der Waals surface area contributed by atoms with Crippen molar-refractivity contribution >= 4 is 11.6 Å². The van der Waals surface area contributed by atoms with Gasteiger partial charge in [-0.15, -0.1) is 0 Å². The van der Waals surface area contributed by atoms with Crippen LogP contribution < -0.4 is 25.0 Å². The number of guanidine groups is 1. The third-order valence-corrected chi connectivity index (χ3v) is 6.06. The van der Waals surface area contributed by atoms with E-state index in [1.807, 2.05) is 24.3 Å². The van der Waals surface area contributed by atoms with Crippen LogP contribution in [0.15, 0.2) is 47.5 Å². The van der Waals surface area contributed by atoms with Crippen LogP contribution in [-0.2, 0) is 5.41 Å². The van der Waals surface area contributed by atoms with E-state index in [0.717, 1.165) is 54.6 Å². The van der Waals surface area contributed by atoms with Gasteiger partial charge in [-0.25, -0.2) is 4.39 Å². The van der Waals surface area contributed by atoms with E-state index in [1.165, 1.54) is 6.07 Å². The Balaban J connectivity index is 1.53. The van der Waals surface area contributed by atoms with Crippen LogP contribution in [0.4, 0.5) is 10.1 Å². The summed E-state index contributed by atoms with van der Waals surface area (Å²) < 4.78 is 24.4. The Kier molecular flexibility index (Phi) is 7.83. The van der Waals surface area contributed by atoms with Crippen LogP contribution in [0.25, 0.3) is 0 Å². The molecule has 0 amide bonds. The molecular formula is C25H35FN4O2. The SMILES string of the molecule is CN=C(NCC(C)(C)c1cccc(F)c1)NC1CCN(c2cc(OC)cc(OC)c2)CC1. The second-order valence-corrected chi connectivity index (χ2v) is 8.80. The van der Waals surface area contributed by atoms with Crippen LogP contribution >= 0.6 is 0 Å². The number of hydrogen-bond acceptors (Lipinski definition) is 4. The summed E-state index contributed by atoms with van der Waals surface area (Å²) >= 11 is 0. The Hall–Kier alpha value is -2.96. The van der Waals surface area contributed by atoms with Crippen molar-refractivity contribution in [2.75, 3.05) is 45.8 Å². The molecule has 2 N–H and O–H groups in total. The summed E-state index contributed by atoms with van der Waals surface area (Å²) in [5.74, 6) is 2.16. The first kappa shape index (κ1) is 23.7. The van der Waals surface area contributed by atoms with Crippen molar-refractivity contribution in [3.05, 3.63) is 53.8 Å². The van der Waals surface area contributed by atoms with Gasteiger partial charge in [-0.05, 0) is 30.5 Å². The number of nitrogens with zero attached hydrogens (tertiary/aromatic N) is 2. The van der Waals surface area contributed by atoms with E-state index in [0.29, 0.717) is 12.6 Å². The van der Waals surface area contributed by atoms with Crippen molar-refractivity contribution in [3.8, 4) is 11.5 Å². The quantitative estimate of drug-likeness (QED) is 0.502. The molecular weight excluding hydrogens is 407 g/mol. The zero-order chi connectivity index (χ0) is 23.1. The first-order valence-corrected chi connectivity index (χ1v) is 11.1. The number of benzene rings is 2. The van der Waals surface area contributed by atoms with Gasteiger partial charge in [0.05, 0.1) is 14.2 Å². The first-order chi connectivity index (χ1) is 15.3. The molecule has 7 heteroatoms. The van der Waals surface area contributed by atoms with E-state index in [2.05, 4.69) is 34.4 Å². The van der Waals surface area contributed by atoms with Crippen molar-refractivity contribution in [2.45, 2.75) is 38.1 Å². The molecule has 1 fully saturated rings. The molecule has 0 aliphatic carbocycles. The fourth-order valence-corrected chi connectivity index (χ4v) is 3.96. The number of rotatable bonds is 7. The molecule has 1 saturated heterocycles. The predicted molar refractivity (Wildman–Crippen MR) is 129 cm³/mol. The number of aliphatic imine (C=N–C) groups is 1. The largest absolute Gasteiger partial charge is 0.497 e. The number of halogens is 1. The molecule has 0 saturated carbocycles. The molecule has 6 nitrogen and oxygen atoms in total. The summed E-state index contributed by atoms with van der Waals surface area (Å²) in [4.78, 5) is 6.75. The number of nitrogens with one attached hydrogen (secondary N) is 2. The molecule has 0 unspecified atom stereocenters. The first-order valence-electron chi connectivity index (χ1n) is 11.1. The summed E-state index contributed by atoms with van der Waals surface area (Å²) in [6, 6.07) is 13.1. The Morgan fingerprint density at radius 1 is 1.09 bits per heavy atom. The number of anilines is 1. The highest BCUT2D eigenvalue weighted by atomic mass is 19.1. The van der Waals surface area contributed by atoms with Gasteiger partial charge in [-0.2, -0.15) is 0 Å². The van der Waals surface area contributed by atoms with Gasteiger partial charge in [0.1, 0.15) is 17.3 Å². The molecule has 32 heavy (non-hydrogen) atoms. The van der Waals surface area contributed by atoms with E-state index in [1.54, 1.807) is 33.4 Å². The maximum Gasteiger partial charge on any atom is 0.191 e. The highest BCUT2D eigenvalue weighted by Crippen LogP contribution is 2.30. The molecule has 1 aliphatic heterocycles. The molecule has 174 valence electrons. The summed E-state index contributed by atoms with van der Waals surface area (Å²) in [5.41, 5.74) is 1.84. The van der Waals surface area contributed by atoms with Crippen molar-refractivity contribution in [3.63, 3.8) is 0 Å². The lowest BCUT2D eigenvalue weighted by Gasteiger charge is -2.35. The number of methoxy groups -OCH3 is 2. The van der Waals surface area contributed by atoms with Gasteiger partial charge in [-0.1, -0.05) is 26.0 Å². The van der Waals surface area contributed by atoms with Crippen molar-refractivity contribution < 1.29 is 13.9 Å². The minimum Gasteiger partial charge on any atom is -0.497 e. The minimum absolute atomic E-state index is 0.210. The second-order valence-electron chi connectivity index (χ2n) is 8.80. The zero-order valence-corrected chi connectivity index (χ0v) is 19.7. The maximum absolute atomic E-state index is 13.6. The molecule has 0 radical (unpaired) electrons. The van der Waals surface area contributed by atoms with Gasteiger partial charge in [-0.3, -0.25) is 4.99 Å². The number of hydrogen-bond donors (Lipinski definition) is 2. The van der Waals surface area contributed by atoms with Gasteiger partial charge in [0, 0.05) is 62.0 Å². The Bertz CT molecular complexity index is 902.